The topological polar surface area (TPSA) is 68.7 Å². The summed E-state index contributed by atoms with van der Waals surface area (Å²) in [6.45, 7) is -2.99. The average molecular weight is 423 g/mol. The molecule has 1 heterocycles. The van der Waals surface area contributed by atoms with Crippen molar-refractivity contribution >= 4 is 50.3 Å². The maximum atomic E-state index is 12.7. The number of thiazole rings is 1. The highest BCUT2D eigenvalue weighted by Crippen LogP contribution is 2.37. The Bertz CT molecular complexity index is 987. The predicted molar refractivity (Wildman–Crippen MR) is 107 cm³/mol. The van der Waals surface area contributed by atoms with E-state index in [2.05, 4.69) is 9.72 Å². The minimum atomic E-state index is -2.99. The highest BCUT2D eigenvalue weighted by atomic mass is 32.2. The van der Waals surface area contributed by atoms with Gasteiger partial charge in [-0.2, -0.15) is 8.78 Å². The van der Waals surface area contributed by atoms with Gasteiger partial charge >= 0.3 is 12.6 Å². The summed E-state index contributed by atoms with van der Waals surface area (Å²) in [4.78, 5) is 16.2. The van der Waals surface area contributed by atoms with Crippen LogP contribution >= 0.6 is 23.1 Å². The third kappa shape index (κ3) is 4.99. The van der Waals surface area contributed by atoms with Crippen LogP contribution in [0.5, 0.6) is 11.5 Å². The number of hydrogen-bond acceptors (Lipinski definition) is 6. The first-order valence-corrected chi connectivity index (χ1v) is 9.81. The minimum Gasteiger partial charge on any atom is -0.493 e. The molecule has 146 valence electrons. The highest BCUT2D eigenvalue weighted by molar-refractivity contribution is 8.09. The van der Waals surface area contributed by atoms with Gasteiger partial charge in [0.05, 0.1) is 23.1 Å². The van der Waals surface area contributed by atoms with Crippen molar-refractivity contribution in [2.45, 2.75) is 6.61 Å². The standard InChI is InChI=1S/C19H15F2NO4S2/c1-25-13-7-6-11(8-14(13)26-19(20)21)9-16(27-10-17(23)24)18-22-12-4-2-3-5-15(12)28-18/h2-9,19H,10H2,1H3,(H,23,24)/b16-9-. The number of aromatic nitrogens is 1. The molecule has 0 atom stereocenters. The smallest absolute Gasteiger partial charge is 0.387 e. The first-order chi connectivity index (χ1) is 13.5. The van der Waals surface area contributed by atoms with Gasteiger partial charge in [-0.15, -0.1) is 23.1 Å². The zero-order valence-electron chi connectivity index (χ0n) is 14.6. The number of hydrogen-bond donors (Lipinski definition) is 1. The van der Waals surface area contributed by atoms with Crippen molar-refractivity contribution in [3.8, 4) is 11.5 Å². The van der Waals surface area contributed by atoms with Crippen LogP contribution in [-0.4, -0.2) is 35.5 Å². The Hall–Kier alpha value is -2.65. The predicted octanol–water partition coefficient (Wildman–Crippen LogP) is 5.22. The molecule has 0 radical (unpaired) electrons. The Labute approximate surface area is 167 Å². The van der Waals surface area contributed by atoms with Gasteiger partial charge < -0.3 is 14.6 Å². The van der Waals surface area contributed by atoms with E-state index in [1.807, 2.05) is 24.3 Å². The summed E-state index contributed by atoms with van der Waals surface area (Å²) in [5.74, 6) is -1.04. The molecule has 0 amide bonds. The van der Waals surface area contributed by atoms with Crippen LogP contribution in [0.2, 0.25) is 0 Å². The number of carboxylic acid groups (broad SMARTS) is 1. The third-order valence-corrected chi connectivity index (χ3v) is 5.77. The number of aliphatic carboxylic acids is 1. The number of fused-ring (bicyclic) bond motifs is 1. The molecule has 0 aliphatic carbocycles. The molecule has 0 spiro atoms. The van der Waals surface area contributed by atoms with Gasteiger partial charge in [0.1, 0.15) is 5.01 Å². The molecule has 0 unspecified atom stereocenters. The second-order valence-electron chi connectivity index (χ2n) is 5.47. The fraction of sp³-hybridized carbons (Fsp3) is 0.158. The van der Waals surface area contributed by atoms with E-state index in [0.717, 1.165) is 22.0 Å². The quantitative estimate of drug-likeness (QED) is 0.536. The largest absolute Gasteiger partial charge is 0.493 e. The number of alkyl halides is 2. The first kappa shape index (κ1) is 20.1. The van der Waals surface area contributed by atoms with Gasteiger partial charge in [-0.3, -0.25) is 4.79 Å². The highest BCUT2D eigenvalue weighted by Gasteiger charge is 2.14. The molecule has 0 saturated heterocycles. The minimum absolute atomic E-state index is 0.0989. The van der Waals surface area contributed by atoms with Gasteiger partial charge in [0.2, 0.25) is 0 Å². The van der Waals surface area contributed by atoms with Gasteiger partial charge in [0, 0.05) is 4.91 Å². The number of ether oxygens (including phenoxy) is 2. The van der Waals surface area contributed by atoms with Crippen molar-refractivity contribution in [2.24, 2.45) is 0 Å². The van der Waals surface area contributed by atoms with Crippen molar-refractivity contribution < 1.29 is 28.2 Å². The number of nitrogens with zero attached hydrogens (tertiary/aromatic N) is 1. The zero-order chi connectivity index (χ0) is 20.1. The summed E-state index contributed by atoms with van der Waals surface area (Å²) < 4.78 is 35.8. The maximum Gasteiger partial charge on any atom is 0.387 e. The van der Waals surface area contributed by atoms with Gasteiger partial charge in [0.15, 0.2) is 11.5 Å². The van der Waals surface area contributed by atoms with Gasteiger partial charge in [-0.1, -0.05) is 18.2 Å². The van der Waals surface area contributed by atoms with Crippen molar-refractivity contribution in [1.82, 2.24) is 4.98 Å². The number of carboxylic acids is 1. The van der Waals surface area contributed by atoms with Crippen LogP contribution in [0.1, 0.15) is 10.6 Å². The molecule has 9 heteroatoms. The van der Waals surface area contributed by atoms with E-state index in [4.69, 9.17) is 9.84 Å². The molecule has 1 N–H and O–H groups in total. The Balaban J connectivity index is 2.01. The monoisotopic (exact) mass is 423 g/mol. The second-order valence-corrected chi connectivity index (χ2v) is 7.51. The molecule has 1 aromatic heterocycles. The van der Waals surface area contributed by atoms with E-state index in [1.165, 1.54) is 30.6 Å². The van der Waals surface area contributed by atoms with Crippen LogP contribution in [-0.2, 0) is 4.79 Å². The summed E-state index contributed by atoms with van der Waals surface area (Å²) >= 11 is 2.54. The zero-order valence-corrected chi connectivity index (χ0v) is 16.2. The molecule has 0 aliphatic heterocycles. The van der Waals surface area contributed by atoms with E-state index < -0.39 is 12.6 Å². The number of methoxy groups -OCH3 is 1. The third-order valence-electron chi connectivity index (χ3n) is 3.56. The Morgan fingerprint density at radius 1 is 1.29 bits per heavy atom. The van der Waals surface area contributed by atoms with E-state index in [-0.39, 0.29) is 17.3 Å². The average Bonchev–Trinajstić information content (AvgIpc) is 3.08. The molecule has 3 rings (SSSR count). The fourth-order valence-corrected chi connectivity index (χ4v) is 4.25. The van der Waals surface area contributed by atoms with Crippen LogP contribution in [0.4, 0.5) is 8.78 Å². The number of rotatable bonds is 8. The maximum absolute atomic E-state index is 12.7. The van der Waals surface area contributed by atoms with Crippen LogP contribution in [0.25, 0.3) is 21.2 Å². The van der Waals surface area contributed by atoms with Gasteiger partial charge in [-0.05, 0) is 35.9 Å². The van der Waals surface area contributed by atoms with Crippen molar-refractivity contribution in [3.05, 3.63) is 53.0 Å². The van der Waals surface area contributed by atoms with Crippen LogP contribution in [0, 0.1) is 0 Å². The Morgan fingerprint density at radius 2 is 2.07 bits per heavy atom. The van der Waals surface area contributed by atoms with Gasteiger partial charge in [-0.25, -0.2) is 4.98 Å². The number of carbonyl (C=O) groups is 1. The summed E-state index contributed by atoms with van der Waals surface area (Å²) in [5.41, 5.74) is 1.37. The van der Waals surface area contributed by atoms with Crippen molar-refractivity contribution in [3.63, 3.8) is 0 Å². The lowest BCUT2D eigenvalue weighted by Crippen LogP contribution is -2.03. The molecule has 5 nitrogen and oxygen atoms in total. The van der Waals surface area contributed by atoms with E-state index in [9.17, 15) is 13.6 Å². The van der Waals surface area contributed by atoms with Crippen molar-refractivity contribution in [2.75, 3.05) is 12.9 Å². The number of thioether (sulfide) groups is 1. The molecule has 0 fully saturated rings. The molecule has 0 saturated carbocycles. The fourth-order valence-electron chi connectivity index (χ4n) is 2.40. The molecular weight excluding hydrogens is 408 g/mol. The number of para-hydroxylation sites is 1. The molecule has 3 aromatic rings. The van der Waals surface area contributed by atoms with Crippen LogP contribution in [0.15, 0.2) is 42.5 Å². The lowest BCUT2D eigenvalue weighted by Gasteiger charge is -2.11. The summed E-state index contributed by atoms with van der Waals surface area (Å²) in [6.07, 6.45) is 1.70. The molecule has 0 bridgehead atoms. The number of halogens is 2. The number of benzene rings is 2. The lowest BCUT2D eigenvalue weighted by molar-refractivity contribution is -0.133. The van der Waals surface area contributed by atoms with Crippen LogP contribution < -0.4 is 9.47 Å². The molecule has 0 aliphatic rings. The molecular formula is C19H15F2NO4S2. The summed E-state index contributed by atoms with van der Waals surface area (Å²) in [5, 5.41) is 9.69. The lowest BCUT2D eigenvalue weighted by atomic mass is 10.2. The normalized spacial score (nSPS) is 11.8. The second kappa shape index (κ2) is 9.03. The van der Waals surface area contributed by atoms with E-state index in [1.54, 1.807) is 12.1 Å². The van der Waals surface area contributed by atoms with E-state index >= 15 is 0 Å². The Morgan fingerprint density at radius 3 is 2.75 bits per heavy atom. The van der Waals surface area contributed by atoms with Crippen LogP contribution in [0.3, 0.4) is 0 Å². The summed E-state index contributed by atoms with van der Waals surface area (Å²) in [6, 6.07) is 12.2. The van der Waals surface area contributed by atoms with E-state index in [0.29, 0.717) is 15.5 Å². The van der Waals surface area contributed by atoms with Gasteiger partial charge in [0.25, 0.3) is 0 Å². The summed E-state index contributed by atoms with van der Waals surface area (Å²) in [7, 11) is 1.36. The molecule has 2 aromatic carbocycles. The molecule has 28 heavy (non-hydrogen) atoms. The first-order valence-electron chi connectivity index (χ1n) is 8.01. The van der Waals surface area contributed by atoms with Crippen molar-refractivity contribution in [1.29, 1.82) is 0 Å². The SMILES string of the molecule is COc1ccc(/C=C(\SCC(=O)O)c2nc3ccccc3s2)cc1OC(F)F. The Kier molecular flexibility index (Phi) is 6.48.